The molecule has 0 saturated heterocycles. The Morgan fingerprint density at radius 1 is 0.447 bits per heavy atom. The first-order valence-electron chi connectivity index (χ1n) is 12.9. The van der Waals surface area contributed by atoms with Gasteiger partial charge in [0.25, 0.3) is 0 Å². The maximum Gasteiger partial charge on any atom is 0.0725 e. The van der Waals surface area contributed by atoms with Crippen LogP contribution in [0.4, 0.5) is 0 Å². The summed E-state index contributed by atoms with van der Waals surface area (Å²) in [4.78, 5) is 4.42. The van der Waals surface area contributed by atoms with Crippen molar-refractivity contribution in [2.24, 2.45) is 0 Å². The van der Waals surface area contributed by atoms with Crippen LogP contribution in [0.1, 0.15) is 22.3 Å². The molecule has 0 aliphatic heterocycles. The van der Waals surface area contributed by atoms with E-state index in [1.165, 1.54) is 55.6 Å². The van der Waals surface area contributed by atoms with E-state index in [1.807, 2.05) is 24.5 Å². The van der Waals surface area contributed by atoms with Gasteiger partial charge >= 0.3 is 0 Å². The molecule has 0 N–H and O–H groups in total. The van der Waals surface area contributed by atoms with Crippen molar-refractivity contribution in [2.45, 2.75) is 5.41 Å². The fourth-order valence-corrected chi connectivity index (χ4v) is 6.95. The molecular weight excluding hydrogens is 482 g/mol. The molecule has 0 radical (unpaired) electrons. The quantitative estimate of drug-likeness (QED) is 0.217. The normalized spacial score (nSPS) is 16.1. The Hall–Kier alpha value is -4.46. The minimum Gasteiger partial charge on any atom is -0.264 e. The van der Waals surface area contributed by atoms with Gasteiger partial charge in [0.05, 0.1) is 5.41 Å². The van der Waals surface area contributed by atoms with Crippen LogP contribution in [0.5, 0.6) is 0 Å². The number of pyridine rings is 1. The second-order valence-electron chi connectivity index (χ2n) is 10.1. The first-order valence-corrected chi connectivity index (χ1v) is 13.3. The molecule has 0 fully saturated rings. The van der Waals surface area contributed by atoms with Gasteiger partial charge in [-0.05, 0) is 91.0 Å². The molecule has 1 aromatic heterocycles. The fourth-order valence-electron chi connectivity index (χ4n) is 6.78. The van der Waals surface area contributed by atoms with Gasteiger partial charge in [-0.1, -0.05) is 109 Å². The van der Waals surface area contributed by atoms with Crippen LogP contribution < -0.4 is 0 Å². The van der Waals surface area contributed by atoms with Crippen LogP contribution in [0.15, 0.2) is 134 Å². The number of fused-ring (bicyclic) bond motifs is 12. The number of rotatable bonds is 1. The highest BCUT2D eigenvalue weighted by atomic mass is 35.5. The average molecular weight is 504 g/mol. The molecule has 0 bridgehead atoms. The highest BCUT2D eigenvalue weighted by Gasteiger charge is 2.49. The first kappa shape index (κ1) is 21.6. The van der Waals surface area contributed by atoms with Gasteiger partial charge in [-0.2, -0.15) is 0 Å². The van der Waals surface area contributed by atoms with E-state index in [0.717, 1.165) is 16.1 Å². The van der Waals surface area contributed by atoms with Gasteiger partial charge in [0, 0.05) is 17.4 Å². The molecule has 0 saturated carbocycles. The number of nitrogens with zero attached hydrogens (tertiary/aromatic N) is 1. The molecule has 1 spiro atoms. The Kier molecular flexibility index (Phi) is 4.56. The molecule has 1 atom stereocenters. The Balaban J connectivity index is 1.61. The monoisotopic (exact) mass is 503 g/mol. The van der Waals surface area contributed by atoms with Crippen molar-refractivity contribution in [1.82, 2.24) is 4.98 Å². The zero-order valence-electron chi connectivity index (χ0n) is 20.5. The third kappa shape index (κ3) is 2.80. The lowest BCUT2D eigenvalue weighted by molar-refractivity contribution is 0.776. The Morgan fingerprint density at radius 3 is 1.74 bits per heavy atom. The summed E-state index contributed by atoms with van der Waals surface area (Å²) < 4.78 is 0. The van der Waals surface area contributed by atoms with E-state index < -0.39 is 5.41 Å². The lowest BCUT2D eigenvalue weighted by Gasteiger charge is -2.35. The predicted molar refractivity (Wildman–Crippen MR) is 156 cm³/mol. The molecule has 1 unspecified atom stereocenters. The topological polar surface area (TPSA) is 12.9 Å². The van der Waals surface area contributed by atoms with Crippen LogP contribution in [0.3, 0.4) is 0 Å². The van der Waals surface area contributed by atoms with Crippen LogP contribution >= 0.6 is 11.6 Å². The summed E-state index contributed by atoms with van der Waals surface area (Å²) in [5.41, 5.74) is 14.4. The van der Waals surface area contributed by atoms with Crippen LogP contribution in [0.25, 0.3) is 44.5 Å². The minimum atomic E-state index is -0.500. The van der Waals surface area contributed by atoms with E-state index in [0.29, 0.717) is 0 Å². The third-order valence-electron chi connectivity index (χ3n) is 8.26. The number of halogens is 1. The van der Waals surface area contributed by atoms with Crippen LogP contribution in [-0.2, 0) is 5.41 Å². The molecule has 1 nitrogen and oxygen atoms in total. The average Bonchev–Trinajstić information content (AvgIpc) is 3.21. The molecular formula is C36H22ClN. The van der Waals surface area contributed by atoms with Crippen molar-refractivity contribution in [1.29, 1.82) is 0 Å². The van der Waals surface area contributed by atoms with E-state index in [2.05, 4.69) is 114 Å². The zero-order chi connectivity index (χ0) is 25.3. The Morgan fingerprint density at radius 2 is 1.05 bits per heavy atom. The Labute approximate surface area is 227 Å². The largest absolute Gasteiger partial charge is 0.264 e. The van der Waals surface area contributed by atoms with Crippen molar-refractivity contribution in [3.8, 4) is 44.5 Å². The molecule has 5 aromatic carbocycles. The lowest BCUT2D eigenvalue weighted by Crippen LogP contribution is -2.29. The van der Waals surface area contributed by atoms with E-state index in [1.54, 1.807) is 0 Å². The summed E-state index contributed by atoms with van der Waals surface area (Å²) in [5, 5.41) is 0.755. The number of aromatic nitrogens is 1. The minimum absolute atomic E-state index is 0.500. The van der Waals surface area contributed by atoms with Gasteiger partial charge in [-0.3, -0.25) is 4.98 Å². The standard InChI is InChI=1S/C36H22ClN/c37-25-16-18-34-31(21-25)29-12-4-6-14-33(29)36(34)32-13-5-3-11-28(32)26-9-1-2-10-27(26)30-17-15-23(20-35(30)36)24-8-7-19-38-22-24/h1-22H. The summed E-state index contributed by atoms with van der Waals surface area (Å²) in [6, 6.07) is 44.1. The van der Waals surface area contributed by atoms with Crippen molar-refractivity contribution < 1.29 is 0 Å². The molecule has 8 rings (SSSR count). The number of hydrogen-bond acceptors (Lipinski definition) is 1. The van der Waals surface area contributed by atoms with Crippen LogP contribution in [0.2, 0.25) is 5.02 Å². The SMILES string of the molecule is Clc1ccc2c(c1)-c1ccccc1C21c2ccccc2-c2ccccc2-c2ccc(-c3cccnc3)cc21. The molecule has 2 aliphatic carbocycles. The highest BCUT2D eigenvalue weighted by Crippen LogP contribution is 2.61. The maximum absolute atomic E-state index is 6.62. The van der Waals surface area contributed by atoms with E-state index in [9.17, 15) is 0 Å². The molecule has 178 valence electrons. The summed E-state index contributed by atoms with van der Waals surface area (Å²) in [7, 11) is 0. The number of hydrogen-bond donors (Lipinski definition) is 0. The van der Waals surface area contributed by atoms with Crippen molar-refractivity contribution in [2.75, 3.05) is 0 Å². The second kappa shape index (κ2) is 8.02. The van der Waals surface area contributed by atoms with Gasteiger partial charge in [0.2, 0.25) is 0 Å². The van der Waals surface area contributed by atoms with Crippen molar-refractivity contribution in [3.05, 3.63) is 161 Å². The first-order chi connectivity index (χ1) is 18.8. The molecule has 1 heterocycles. The molecule has 38 heavy (non-hydrogen) atoms. The van der Waals surface area contributed by atoms with Crippen molar-refractivity contribution >= 4 is 11.6 Å². The second-order valence-corrected chi connectivity index (χ2v) is 10.5. The van der Waals surface area contributed by atoms with E-state index >= 15 is 0 Å². The molecule has 0 amide bonds. The van der Waals surface area contributed by atoms with Crippen LogP contribution in [0, 0.1) is 0 Å². The molecule has 6 aromatic rings. The van der Waals surface area contributed by atoms with E-state index in [4.69, 9.17) is 11.6 Å². The predicted octanol–water partition coefficient (Wildman–Crippen LogP) is 9.41. The smallest absolute Gasteiger partial charge is 0.0725 e. The summed E-state index contributed by atoms with van der Waals surface area (Å²) in [5.74, 6) is 0. The van der Waals surface area contributed by atoms with Gasteiger partial charge in [-0.15, -0.1) is 0 Å². The summed E-state index contributed by atoms with van der Waals surface area (Å²) in [6.07, 6.45) is 3.78. The Bertz CT molecular complexity index is 1890. The van der Waals surface area contributed by atoms with Gasteiger partial charge in [0.15, 0.2) is 0 Å². The zero-order valence-corrected chi connectivity index (χ0v) is 21.3. The maximum atomic E-state index is 6.62. The van der Waals surface area contributed by atoms with E-state index in [-0.39, 0.29) is 0 Å². The third-order valence-corrected chi connectivity index (χ3v) is 8.50. The van der Waals surface area contributed by atoms with Crippen LogP contribution in [-0.4, -0.2) is 4.98 Å². The summed E-state index contributed by atoms with van der Waals surface area (Å²) in [6.45, 7) is 0. The lowest BCUT2D eigenvalue weighted by atomic mass is 9.65. The van der Waals surface area contributed by atoms with Crippen molar-refractivity contribution in [3.63, 3.8) is 0 Å². The summed E-state index contributed by atoms with van der Waals surface area (Å²) >= 11 is 6.62. The number of benzene rings is 5. The molecule has 2 aliphatic rings. The van der Waals surface area contributed by atoms with Gasteiger partial charge in [-0.25, -0.2) is 0 Å². The highest BCUT2D eigenvalue weighted by molar-refractivity contribution is 6.31. The molecule has 2 heteroatoms. The van der Waals surface area contributed by atoms with Gasteiger partial charge in [0.1, 0.15) is 0 Å². The fraction of sp³-hybridized carbons (Fsp3) is 0.0278. The van der Waals surface area contributed by atoms with Gasteiger partial charge < -0.3 is 0 Å².